The molecular weight excluding hydrogens is 320 g/mol. The van der Waals surface area contributed by atoms with Gasteiger partial charge in [-0.05, 0) is 18.9 Å². The van der Waals surface area contributed by atoms with Crippen molar-refractivity contribution in [2.45, 2.75) is 25.7 Å². The summed E-state index contributed by atoms with van der Waals surface area (Å²) >= 11 is 5.22. The highest BCUT2D eigenvalue weighted by molar-refractivity contribution is 9.10. The van der Waals surface area contributed by atoms with Crippen molar-refractivity contribution >= 4 is 27.3 Å². The van der Waals surface area contributed by atoms with Crippen LogP contribution in [-0.4, -0.2) is 4.98 Å². The van der Waals surface area contributed by atoms with Crippen LogP contribution in [0.15, 0.2) is 34.1 Å². The molecule has 0 saturated heterocycles. The maximum absolute atomic E-state index is 9.29. The normalized spacial score (nSPS) is 16.6. The van der Waals surface area contributed by atoms with E-state index in [4.69, 9.17) is 4.98 Å². The average Bonchev–Trinajstić information content (AvgIpc) is 2.83. The van der Waals surface area contributed by atoms with E-state index in [1.54, 1.807) is 11.3 Å². The summed E-state index contributed by atoms with van der Waals surface area (Å²) in [5, 5.41) is 12.4. The lowest BCUT2D eigenvalue weighted by atomic mass is 9.68. The van der Waals surface area contributed by atoms with Crippen LogP contribution in [0.25, 0.3) is 11.3 Å². The standard InChI is InChI=1S/C15H13BrN2S/c16-12-5-2-1-4-11(12)13-9-19-14(18-13)8-15(10-17)6-3-7-15/h1-2,4-5,9H,3,6-8H2. The van der Waals surface area contributed by atoms with E-state index in [0.29, 0.717) is 0 Å². The van der Waals surface area contributed by atoms with Crippen molar-refractivity contribution in [2.75, 3.05) is 0 Å². The third-order valence-corrected chi connectivity index (χ3v) is 5.28. The van der Waals surface area contributed by atoms with E-state index in [9.17, 15) is 5.26 Å². The minimum absolute atomic E-state index is 0.136. The number of thiazole rings is 1. The lowest BCUT2D eigenvalue weighted by molar-refractivity contribution is 0.214. The van der Waals surface area contributed by atoms with Gasteiger partial charge in [0.15, 0.2) is 0 Å². The molecule has 1 aromatic carbocycles. The van der Waals surface area contributed by atoms with Crippen LogP contribution in [0.3, 0.4) is 0 Å². The summed E-state index contributed by atoms with van der Waals surface area (Å²) < 4.78 is 1.06. The molecule has 1 fully saturated rings. The summed E-state index contributed by atoms with van der Waals surface area (Å²) in [7, 11) is 0. The minimum atomic E-state index is -0.136. The van der Waals surface area contributed by atoms with Gasteiger partial charge in [0.1, 0.15) is 0 Å². The second-order valence-corrected chi connectivity index (χ2v) is 6.83. The predicted octanol–water partition coefficient (Wildman–Crippen LogP) is 4.81. The minimum Gasteiger partial charge on any atom is -0.241 e. The van der Waals surface area contributed by atoms with Crippen molar-refractivity contribution < 1.29 is 0 Å². The first-order valence-corrected chi connectivity index (χ1v) is 8.00. The number of nitrogens with zero attached hydrogens (tertiary/aromatic N) is 2. The van der Waals surface area contributed by atoms with Crippen molar-refractivity contribution in [1.82, 2.24) is 4.98 Å². The molecule has 1 heterocycles. The smallest absolute Gasteiger partial charge is 0.0948 e. The summed E-state index contributed by atoms with van der Waals surface area (Å²) in [5.41, 5.74) is 1.98. The van der Waals surface area contributed by atoms with Crippen LogP contribution in [0.1, 0.15) is 24.3 Å². The van der Waals surface area contributed by atoms with Gasteiger partial charge < -0.3 is 0 Å². The zero-order valence-corrected chi connectivity index (χ0v) is 12.8. The average molecular weight is 333 g/mol. The van der Waals surface area contributed by atoms with Crippen molar-refractivity contribution in [2.24, 2.45) is 5.41 Å². The van der Waals surface area contributed by atoms with E-state index in [-0.39, 0.29) is 5.41 Å². The Labute approximate surface area is 125 Å². The summed E-state index contributed by atoms with van der Waals surface area (Å²) in [4.78, 5) is 4.69. The Bertz CT molecular complexity index is 638. The van der Waals surface area contributed by atoms with Gasteiger partial charge in [-0.2, -0.15) is 5.26 Å². The molecule has 19 heavy (non-hydrogen) atoms. The molecule has 0 spiro atoms. The van der Waals surface area contributed by atoms with Crippen LogP contribution < -0.4 is 0 Å². The quantitative estimate of drug-likeness (QED) is 0.808. The molecule has 4 heteroatoms. The second kappa shape index (κ2) is 5.07. The van der Waals surface area contributed by atoms with Crippen LogP contribution in [0.4, 0.5) is 0 Å². The summed E-state index contributed by atoms with van der Waals surface area (Å²) in [5.74, 6) is 0. The molecule has 3 rings (SSSR count). The third-order valence-electron chi connectivity index (χ3n) is 3.74. The van der Waals surface area contributed by atoms with E-state index < -0.39 is 0 Å². The van der Waals surface area contributed by atoms with E-state index in [1.807, 2.05) is 18.2 Å². The molecule has 1 saturated carbocycles. The molecule has 0 radical (unpaired) electrons. The predicted molar refractivity (Wildman–Crippen MR) is 80.9 cm³/mol. The molecule has 2 aromatic rings. The van der Waals surface area contributed by atoms with Gasteiger partial charge in [0.05, 0.1) is 22.2 Å². The number of aromatic nitrogens is 1. The fourth-order valence-corrected chi connectivity index (χ4v) is 3.83. The van der Waals surface area contributed by atoms with Gasteiger partial charge in [-0.3, -0.25) is 0 Å². The molecule has 0 unspecified atom stereocenters. The molecule has 0 aliphatic heterocycles. The molecular formula is C15H13BrN2S. The highest BCUT2D eigenvalue weighted by atomic mass is 79.9. The van der Waals surface area contributed by atoms with Gasteiger partial charge in [0.2, 0.25) is 0 Å². The van der Waals surface area contributed by atoms with Crippen LogP contribution >= 0.6 is 27.3 Å². The van der Waals surface area contributed by atoms with Crippen molar-refractivity contribution in [3.63, 3.8) is 0 Å². The highest BCUT2D eigenvalue weighted by Gasteiger charge is 2.38. The number of nitriles is 1. The SMILES string of the molecule is N#CC1(Cc2nc(-c3ccccc3Br)cs2)CCC1. The number of hydrogen-bond acceptors (Lipinski definition) is 3. The van der Waals surface area contributed by atoms with E-state index in [2.05, 4.69) is 33.4 Å². The molecule has 0 atom stereocenters. The van der Waals surface area contributed by atoms with Crippen LogP contribution in [-0.2, 0) is 6.42 Å². The number of rotatable bonds is 3. The highest BCUT2D eigenvalue weighted by Crippen LogP contribution is 2.43. The maximum atomic E-state index is 9.29. The zero-order valence-electron chi connectivity index (χ0n) is 10.4. The Morgan fingerprint density at radius 2 is 2.16 bits per heavy atom. The Morgan fingerprint density at radius 3 is 2.79 bits per heavy atom. The van der Waals surface area contributed by atoms with Crippen molar-refractivity contribution in [3.8, 4) is 17.3 Å². The molecule has 96 valence electrons. The van der Waals surface area contributed by atoms with Crippen molar-refractivity contribution in [1.29, 1.82) is 5.26 Å². The fraction of sp³-hybridized carbons (Fsp3) is 0.333. The van der Waals surface area contributed by atoms with Gasteiger partial charge in [0.25, 0.3) is 0 Å². The molecule has 0 N–H and O–H groups in total. The van der Waals surface area contributed by atoms with Crippen molar-refractivity contribution in [3.05, 3.63) is 39.1 Å². The molecule has 1 aliphatic carbocycles. The van der Waals surface area contributed by atoms with Crippen LogP contribution in [0, 0.1) is 16.7 Å². The topological polar surface area (TPSA) is 36.7 Å². The summed E-state index contributed by atoms with van der Waals surface area (Å²) in [6.07, 6.45) is 4.02. The first-order chi connectivity index (χ1) is 9.22. The second-order valence-electron chi connectivity index (χ2n) is 5.03. The summed E-state index contributed by atoms with van der Waals surface area (Å²) in [6, 6.07) is 10.6. The van der Waals surface area contributed by atoms with Crippen LogP contribution in [0.2, 0.25) is 0 Å². The first-order valence-electron chi connectivity index (χ1n) is 6.33. The Balaban J connectivity index is 1.85. The van der Waals surface area contributed by atoms with Gasteiger partial charge in [-0.25, -0.2) is 4.98 Å². The zero-order chi connectivity index (χ0) is 13.3. The van der Waals surface area contributed by atoms with Gasteiger partial charge >= 0.3 is 0 Å². The lowest BCUT2D eigenvalue weighted by Crippen LogP contribution is -2.29. The molecule has 1 aromatic heterocycles. The number of hydrogen-bond donors (Lipinski definition) is 0. The Hall–Kier alpha value is -1.18. The van der Waals surface area contributed by atoms with Gasteiger partial charge in [0, 0.05) is 21.8 Å². The molecule has 0 bridgehead atoms. The van der Waals surface area contributed by atoms with E-state index >= 15 is 0 Å². The fourth-order valence-electron chi connectivity index (χ4n) is 2.41. The number of benzene rings is 1. The molecule has 1 aliphatic rings. The van der Waals surface area contributed by atoms with Gasteiger partial charge in [-0.15, -0.1) is 11.3 Å². The third kappa shape index (κ3) is 2.45. The number of halogens is 1. The van der Waals surface area contributed by atoms with Crippen LogP contribution in [0.5, 0.6) is 0 Å². The Morgan fingerprint density at radius 1 is 1.37 bits per heavy atom. The maximum Gasteiger partial charge on any atom is 0.0948 e. The lowest BCUT2D eigenvalue weighted by Gasteiger charge is -2.34. The summed E-state index contributed by atoms with van der Waals surface area (Å²) in [6.45, 7) is 0. The first kappa shape index (κ1) is 12.8. The van der Waals surface area contributed by atoms with Gasteiger partial charge in [-0.1, -0.05) is 40.5 Å². The Kier molecular flexibility index (Phi) is 3.42. The molecule has 2 nitrogen and oxygen atoms in total. The molecule has 0 amide bonds. The van der Waals surface area contributed by atoms with E-state index in [0.717, 1.165) is 40.0 Å². The monoisotopic (exact) mass is 332 g/mol. The van der Waals surface area contributed by atoms with E-state index in [1.165, 1.54) is 6.42 Å². The largest absolute Gasteiger partial charge is 0.241 e.